The lowest BCUT2D eigenvalue weighted by atomic mass is 10.1. The lowest BCUT2D eigenvalue weighted by Gasteiger charge is -2.24. The van der Waals surface area contributed by atoms with Crippen molar-refractivity contribution < 1.29 is 13.6 Å². The molecule has 0 spiro atoms. The summed E-state index contributed by atoms with van der Waals surface area (Å²) in [6, 6.07) is 3.08. The van der Waals surface area contributed by atoms with Gasteiger partial charge in [-0.15, -0.1) is 0 Å². The monoisotopic (exact) mass is 256 g/mol. The highest BCUT2D eigenvalue weighted by Crippen LogP contribution is 2.11. The number of nitrogens with two attached hydrogens (primary N) is 1. The molecule has 5 heteroatoms. The molecule has 18 heavy (non-hydrogen) atoms. The smallest absolute Gasteiger partial charge is 0.239 e. The van der Waals surface area contributed by atoms with Gasteiger partial charge in [0, 0.05) is 13.1 Å². The van der Waals surface area contributed by atoms with E-state index in [0.29, 0.717) is 18.5 Å². The molecular weight excluding hydrogens is 238 g/mol. The average molecular weight is 256 g/mol. The second-order valence-corrected chi connectivity index (χ2v) is 4.12. The molecule has 1 atom stereocenters. The van der Waals surface area contributed by atoms with Crippen molar-refractivity contribution in [3.8, 4) is 0 Å². The Morgan fingerprint density at radius 1 is 1.33 bits per heavy atom. The second kappa shape index (κ2) is 6.44. The van der Waals surface area contributed by atoms with Crippen LogP contribution < -0.4 is 5.73 Å². The Kier molecular flexibility index (Phi) is 5.22. The Balaban J connectivity index is 2.79. The average Bonchev–Trinajstić information content (AvgIpc) is 2.38. The van der Waals surface area contributed by atoms with E-state index in [1.54, 1.807) is 0 Å². The van der Waals surface area contributed by atoms with Gasteiger partial charge in [0.15, 0.2) is 11.6 Å². The van der Waals surface area contributed by atoms with Crippen molar-refractivity contribution in [2.45, 2.75) is 32.9 Å². The van der Waals surface area contributed by atoms with Gasteiger partial charge in [-0.05, 0) is 31.0 Å². The molecule has 100 valence electrons. The van der Waals surface area contributed by atoms with Gasteiger partial charge in [0.2, 0.25) is 5.91 Å². The van der Waals surface area contributed by atoms with Gasteiger partial charge in [0.25, 0.3) is 0 Å². The minimum Gasteiger partial charge on any atom is -0.337 e. The maximum atomic E-state index is 13.1. The second-order valence-electron chi connectivity index (χ2n) is 4.12. The van der Waals surface area contributed by atoms with E-state index < -0.39 is 17.7 Å². The molecule has 0 radical (unpaired) electrons. The number of hydrogen-bond acceptors (Lipinski definition) is 2. The van der Waals surface area contributed by atoms with Crippen LogP contribution in [0.2, 0.25) is 0 Å². The molecule has 0 fully saturated rings. The van der Waals surface area contributed by atoms with E-state index in [-0.39, 0.29) is 12.5 Å². The first kappa shape index (κ1) is 14.6. The zero-order valence-corrected chi connectivity index (χ0v) is 10.6. The number of nitrogens with zero attached hydrogens (tertiary/aromatic N) is 1. The van der Waals surface area contributed by atoms with Crippen molar-refractivity contribution in [2.24, 2.45) is 5.73 Å². The van der Waals surface area contributed by atoms with Crippen molar-refractivity contribution >= 4 is 5.91 Å². The third kappa shape index (κ3) is 3.50. The number of benzene rings is 1. The summed E-state index contributed by atoms with van der Waals surface area (Å²) in [5, 5.41) is 0. The van der Waals surface area contributed by atoms with Crippen LogP contribution in [0.5, 0.6) is 0 Å². The highest BCUT2D eigenvalue weighted by atomic mass is 19.2. The molecule has 0 aromatic heterocycles. The molecular formula is C13H18F2N2O. The first-order chi connectivity index (χ1) is 8.49. The van der Waals surface area contributed by atoms with Crippen LogP contribution in [0.4, 0.5) is 8.78 Å². The van der Waals surface area contributed by atoms with Gasteiger partial charge in [-0.1, -0.05) is 13.0 Å². The van der Waals surface area contributed by atoms with E-state index in [1.807, 2.05) is 13.8 Å². The molecule has 3 nitrogen and oxygen atoms in total. The number of halogens is 2. The number of hydrogen-bond donors (Lipinski definition) is 1. The number of carbonyl (C=O) groups is 1. The fourth-order valence-electron chi connectivity index (χ4n) is 1.61. The zero-order chi connectivity index (χ0) is 13.7. The summed E-state index contributed by atoms with van der Waals surface area (Å²) in [5.41, 5.74) is 6.22. The molecule has 0 heterocycles. The van der Waals surface area contributed by atoms with Gasteiger partial charge in [-0.2, -0.15) is 0 Å². The summed E-state index contributed by atoms with van der Waals surface area (Å²) in [6.45, 7) is 4.36. The number of likely N-dealkylation sites (N-methyl/N-ethyl adjacent to an activating group) is 1. The van der Waals surface area contributed by atoms with Crippen LogP contribution in [-0.2, 0) is 11.3 Å². The Bertz CT molecular complexity index is 423. The highest BCUT2D eigenvalue weighted by Gasteiger charge is 2.18. The van der Waals surface area contributed by atoms with Crippen LogP contribution >= 0.6 is 0 Å². The van der Waals surface area contributed by atoms with Crippen molar-refractivity contribution in [3.63, 3.8) is 0 Å². The van der Waals surface area contributed by atoms with Crippen LogP contribution in [0.15, 0.2) is 18.2 Å². The van der Waals surface area contributed by atoms with E-state index in [1.165, 1.54) is 11.0 Å². The predicted octanol–water partition coefficient (Wildman–Crippen LogP) is 2.05. The third-order valence-corrected chi connectivity index (χ3v) is 2.81. The Labute approximate surface area is 106 Å². The Hall–Kier alpha value is -1.49. The Morgan fingerprint density at radius 2 is 2.00 bits per heavy atom. The Morgan fingerprint density at radius 3 is 2.50 bits per heavy atom. The van der Waals surface area contributed by atoms with Crippen molar-refractivity contribution in [1.29, 1.82) is 0 Å². The van der Waals surface area contributed by atoms with Gasteiger partial charge in [0.1, 0.15) is 0 Å². The van der Waals surface area contributed by atoms with Gasteiger partial charge < -0.3 is 10.6 Å². The van der Waals surface area contributed by atoms with Gasteiger partial charge in [-0.25, -0.2) is 8.78 Å². The molecule has 1 amide bonds. The maximum absolute atomic E-state index is 13.1. The normalized spacial score (nSPS) is 12.3. The van der Waals surface area contributed by atoms with Gasteiger partial charge in [0.05, 0.1) is 6.04 Å². The fourth-order valence-corrected chi connectivity index (χ4v) is 1.61. The molecule has 0 aliphatic rings. The summed E-state index contributed by atoms with van der Waals surface area (Å²) in [4.78, 5) is 13.4. The van der Waals surface area contributed by atoms with E-state index >= 15 is 0 Å². The summed E-state index contributed by atoms with van der Waals surface area (Å²) >= 11 is 0. The van der Waals surface area contributed by atoms with E-state index in [4.69, 9.17) is 5.73 Å². The maximum Gasteiger partial charge on any atom is 0.239 e. The van der Waals surface area contributed by atoms with Crippen LogP contribution in [0.1, 0.15) is 25.8 Å². The van der Waals surface area contributed by atoms with Crippen molar-refractivity contribution in [1.82, 2.24) is 4.90 Å². The number of carbonyl (C=O) groups excluding carboxylic acids is 1. The topological polar surface area (TPSA) is 46.3 Å². The molecule has 0 aliphatic carbocycles. The van der Waals surface area contributed by atoms with E-state index in [0.717, 1.165) is 12.1 Å². The summed E-state index contributed by atoms with van der Waals surface area (Å²) < 4.78 is 25.8. The van der Waals surface area contributed by atoms with Gasteiger partial charge in [-0.3, -0.25) is 4.79 Å². The van der Waals surface area contributed by atoms with Crippen LogP contribution in [0.3, 0.4) is 0 Å². The number of rotatable bonds is 5. The minimum absolute atomic E-state index is 0.176. The molecule has 0 saturated carbocycles. The van der Waals surface area contributed by atoms with E-state index in [9.17, 15) is 13.6 Å². The van der Waals surface area contributed by atoms with Crippen LogP contribution in [0.25, 0.3) is 0 Å². The largest absolute Gasteiger partial charge is 0.337 e. The van der Waals surface area contributed by atoms with Crippen molar-refractivity contribution in [2.75, 3.05) is 6.54 Å². The van der Waals surface area contributed by atoms with Crippen LogP contribution in [-0.4, -0.2) is 23.4 Å². The molecule has 1 aromatic rings. The molecule has 0 saturated heterocycles. The molecule has 1 aromatic carbocycles. The predicted molar refractivity (Wildman–Crippen MR) is 65.7 cm³/mol. The summed E-state index contributed by atoms with van der Waals surface area (Å²) in [7, 11) is 0. The molecule has 1 rings (SSSR count). The zero-order valence-electron chi connectivity index (χ0n) is 10.6. The number of amides is 1. The SMILES string of the molecule is CC[C@H](N)C(=O)N(CC)Cc1ccc(F)c(F)c1. The highest BCUT2D eigenvalue weighted by molar-refractivity contribution is 5.81. The molecule has 2 N–H and O–H groups in total. The van der Waals surface area contributed by atoms with Crippen molar-refractivity contribution in [3.05, 3.63) is 35.4 Å². The van der Waals surface area contributed by atoms with Gasteiger partial charge >= 0.3 is 0 Å². The third-order valence-electron chi connectivity index (χ3n) is 2.81. The lowest BCUT2D eigenvalue weighted by molar-refractivity contribution is -0.133. The van der Waals surface area contributed by atoms with E-state index in [2.05, 4.69) is 0 Å². The fraction of sp³-hybridized carbons (Fsp3) is 0.462. The summed E-state index contributed by atoms with van der Waals surface area (Å²) in [6.07, 6.45) is 0.549. The lowest BCUT2D eigenvalue weighted by Crippen LogP contribution is -2.42. The minimum atomic E-state index is -0.907. The molecule has 0 unspecified atom stereocenters. The molecule has 0 aliphatic heterocycles. The summed E-state index contributed by atoms with van der Waals surface area (Å²) in [5.74, 6) is -1.97. The van der Waals surface area contributed by atoms with Crippen LogP contribution in [0, 0.1) is 11.6 Å². The molecule has 0 bridgehead atoms. The standard InChI is InChI=1S/C13H18F2N2O/c1-3-12(16)13(18)17(4-2)8-9-5-6-10(14)11(15)7-9/h5-7,12H,3-4,8,16H2,1-2H3/t12-/m0/s1. The first-order valence-corrected chi connectivity index (χ1v) is 5.97. The first-order valence-electron chi connectivity index (χ1n) is 5.97. The quantitative estimate of drug-likeness (QED) is 0.876.